The van der Waals surface area contributed by atoms with Crippen molar-refractivity contribution in [2.24, 2.45) is 0 Å². The summed E-state index contributed by atoms with van der Waals surface area (Å²) in [7, 11) is 3.91. The van der Waals surface area contributed by atoms with Crippen molar-refractivity contribution in [3.05, 3.63) is 23.2 Å². The van der Waals surface area contributed by atoms with Crippen LogP contribution in [-0.2, 0) is 0 Å². The molecule has 3 nitrogen and oxygen atoms in total. The highest BCUT2D eigenvalue weighted by molar-refractivity contribution is 6.31. The van der Waals surface area contributed by atoms with Crippen LogP contribution in [-0.4, -0.2) is 24.3 Å². The maximum atomic E-state index is 5.89. The third-order valence-electron chi connectivity index (χ3n) is 1.93. The largest absolute Gasteiger partial charge is 0.361 e. The molecule has 0 aliphatic heterocycles. The molecule has 1 aromatic carbocycles. The summed E-state index contributed by atoms with van der Waals surface area (Å²) in [5.41, 5.74) is 1.01. The third kappa shape index (κ3) is 1.35. The van der Waals surface area contributed by atoms with E-state index in [-0.39, 0.29) is 0 Å². The summed E-state index contributed by atoms with van der Waals surface area (Å²) < 4.78 is 0. The first-order chi connectivity index (χ1) is 6.18. The Hall–Kier alpha value is -1.22. The monoisotopic (exact) mass is 195 g/mol. The van der Waals surface area contributed by atoms with Crippen LogP contribution in [0.2, 0.25) is 5.02 Å². The van der Waals surface area contributed by atoms with Crippen molar-refractivity contribution in [1.82, 2.24) is 10.2 Å². The molecule has 0 amide bonds. The zero-order valence-electron chi connectivity index (χ0n) is 7.50. The summed E-state index contributed by atoms with van der Waals surface area (Å²) in [6.45, 7) is 0. The first-order valence-electron chi connectivity index (χ1n) is 3.99. The van der Waals surface area contributed by atoms with Crippen molar-refractivity contribution in [1.29, 1.82) is 0 Å². The Morgan fingerprint density at radius 3 is 2.85 bits per heavy atom. The summed E-state index contributed by atoms with van der Waals surface area (Å²) >= 11 is 5.89. The molecule has 1 aromatic heterocycles. The lowest BCUT2D eigenvalue weighted by Gasteiger charge is -2.07. The molecular formula is C9H10ClN3. The van der Waals surface area contributed by atoms with E-state index < -0.39 is 0 Å². The third-order valence-corrected chi connectivity index (χ3v) is 2.16. The van der Waals surface area contributed by atoms with E-state index in [1.165, 1.54) is 0 Å². The van der Waals surface area contributed by atoms with Crippen LogP contribution < -0.4 is 4.90 Å². The molecule has 68 valence electrons. The minimum absolute atomic E-state index is 0.733. The van der Waals surface area contributed by atoms with E-state index in [2.05, 4.69) is 10.2 Å². The Labute approximate surface area is 81.3 Å². The number of H-pyrrole nitrogens is 1. The molecule has 0 saturated heterocycles. The summed E-state index contributed by atoms with van der Waals surface area (Å²) in [5.74, 6) is 0.914. The Kier molecular flexibility index (Phi) is 1.88. The lowest BCUT2D eigenvalue weighted by atomic mass is 10.2. The minimum atomic E-state index is 0.733. The highest BCUT2D eigenvalue weighted by Crippen LogP contribution is 2.25. The van der Waals surface area contributed by atoms with Crippen LogP contribution in [0.3, 0.4) is 0 Å². The molecule has 1 N–H and O–H groups in total. The van der Waals surface area contributed by atoms with Gasteiger partial charge in [-0.25, -0.2) is 0 Å². The number of hydrogen-bond donors (Lipinski definition) is 1. The number of fused-ring (bicyclic) bond motifs is 1. The predicted octanol–water partition coefficient (Wildman–Crippen LogP) is 2.28. The normalized spacial score (nSPS) is 10.7. The number of hydrogen-bond acceptors (Lipinski definition) is 2. The number of benzene rings is 1. The van der Waals surface area contributed by atoms with Gasteiger partial charge in [-0.1, -0.05) is 11.6 Å². The molecule has 0 saturated carbocycles. The van der Waals surface area contributed by atoms with Crippen LogP contribution in [0, 0.1) is 0 Å². The maximum Gasteiger partial charge on any atom is 0.157 e. The quantitative estimate of drug-likeness (QED) is 0.757. The number of aromatic amines is 1. The number of rotatable bonds is 1. The molecule has 0 atom stereocenters. The van der Waals surface area contributed by atoms with Crippen LogP contribution in [0.15, 0.2) is 18.2 Å². The first-order valence-corrected chi connectivity index (χ1v) is 4.37. The zero-order chi connectivity index (χ0) is 9.42. The van der Waals surface area contributed by atoms with Crippen molar-refractivity contribution in [3.8, 4) is 0 Å². The van der Waals surface area contributed by atoms with E-state index in [1.807, 2.05) is 37.2 Å². The number of nitrogens with one attached hydrogen (secondary N) is 1. The second-order valence-electron chi connectivity index (χ2n) is 3.13. The highest BCUT2D eigenvalue weighted by Gasteiger charge is 2.06. The van der Waals surface area contributed by atoms with E-state index >= 15 is 0 Å². The van der Waals surface area contributed by atoms with Gasteiger partial charge in [-0.15, -0.1) is 0 Å². The Morgan fingerprint density at radius 1 is 1.38 bits per heavy atom. The number of anilines is 1. The molecule has 0 aliphatic carbocycles. The molecule has 0 unspecified atom stereocenters. The van der Waals surface area contributed by atoms with Crippen LogP contribution in [0.4, 0.5) is 5.82 Å². The number of nitrogens with zero attached hydrogens (tertiary/aromatic N) is 2. The molecule has 4 heteroatoms. The maximum absolute atomic E-state index is 5.89. The second-order valence-corrected chi connectivity index (χ2v) is 3.57. The van der Waals surface area contributed by atoms with Crippen LogP contribution in [0.25, 0.3) is 10.9 Å². The smallest absolute Gasteiger partial charge is 0.157 e. The van der Waals surface area contributed by atoms with E-state index in [1.54, 1.807) is 0 Å². The van der Waals surface area contributed by atoms with Crippen molar-refractivity contribution in [3.63, 3.8) is 0 Å². The lowest BCUT2D eigenvalue weighted by molar-refractivity contribution is 1.02. The summed E-state index contributed by atoms with van der Waals surface area (Å²) in [4.78, 5) is 1.95. The first kappa shape index (κ1) is 8.38. The van der Waals surface area contributed by atoms with Gasteiger partial charge in [0.05, 0.1) is 5.52 Å². The standard InChI is InChI=1S/C9H10ClN3/c1-13(2)9-7-5-6(10)3-4-8(7)11-12-9/h3-5H,1-2H3,(H,11,12). The van der Waals surface area contributed by atoms with E-state index in [9.17, 15) is 0 Å². The summed E-state index contributed by atoms with van der Waals surface area (Å²) in [6.07, 6.45) is 0. The number of aromatic nitrogens is 2. The van der Waals surface area contributed by atoms with Gasteiger partial charge in [0.15, 0.2) is 5.82 Å². The summed E-state index contributed by atoms with van der Waals surface area (Å²) in [6, 6.07) is 5.69. The molecule has 13 heavy (non-hydrogen) atoms. The fourth-order valence-electron chi connectivity index (χ4n) is 1.31. The van der Waals surface area contributed by atoms with E-state index in [0.29, 0.717) is 0 Å². The zero-order valence-corrected chi connectivity index (χ0v) is 8.26. The molecule has 2 aromatic rings. The van der Waals surface area contributed by atoms with E-state index in [0.717, 1.165) is 21.7 Å². The topological polar surface area (TPSA) is 31.9 Å². The molecule has 0 aliphatic rings. The Bertz CT molecular complexity index is 433. The molecule has 1 heterocycles. The van der Waals surface area contributed by atoms with Gasteiger partial charge >= 0.3 is 0 Å². The van der Waals surface area contributed by atoms with Gasteiger partial charge in [0.2, 0.25) is 0 Å². The van der Waals surface area contributed by atoms with Gasteiger partial charge in [-0.3, -0.25) is 5.10 Å². The molecule has 0 spiro atoms. The Morgan fingerprint density at radius 2 is 2.15 bits per heavy atom. The van der Waals surface area contributed by atoms with Gasteiger partial charge in [0, 0.05) is 24.5 Å². The van der Waals surface area contributed by atoms with Crippen molar-refractivity contribution in [2.45, 2.75) is 0 Å². The van der Waals surface area contributed by atoms with Crippen LogP contribution in [0.5, 0.6) is 0 Å². The lowest BCUT2D eigenvalue weighted by Crippen LogP contribution is -2.09. The SMILES string of the molecule is CN(C)c1n[nH]c2ccc(Cl)cc12. The van der Waals surface area contributed by atoms with Gasteiger partial charge in [-0.05, 0) is 18.2 Å². The fourth-order valence-corrected chi connectivity index (χ4v) is 1.49. The highest BCUT2D eigenvalue weighted by atomic mass is 35.5. The average molecular weight is 196 g/mol. The molecule has 0 radical (unpaired) electrons. The van der Waals surface area contributed by atoms with Gasteiger partial charge in [-0.2, -0.15) is 5.10 Å². The van der Waals surface area contributed by atoms with Crippen molar-refractivity contribution >= 4 is 28.3 Å². The van der Waals surface area contributed by atoms with Crippen molar-refractivity contribution < 1.29 is 0 Å². The van der Waals surface area contributed by atoms with Crippen LogP contribution >= 0.6 is 11.6 Å². The molecule has 0 fully saturated rings. The minimum Gasteiger partial charge on any atom is -0.361 e. The summed E-state index contributed by atoms with van der Waals surface area (Å²) in [5, 5.41) is 8.91. The average Bonchev–Trinajstić information content (AvgIpc) is 2.46. The number of halogens is 1. The van der Waals surface area contributed by atoms with Gasteiger partial charge < -0.3 is 4.90 Å². The van der Waals surface area contributed by atoms with E-state index in [4.69, 9.17) is 11.6 Å². The van der Waals surface area contributed by atoms with Gasteiger partial charge in [0.1, 0.15) is 0 Å². The fraction of sp³-hybridized carbons (Fsp3) is 0.222. The van der Waals surface area contributed by atoms with Crippen molar-refractivity contribution in [2.75, 3.05) is 19.0 Å². The molecular weight excluding hydrogens is 186 g/mol. The second kappa shape index (κ2) is 2.92. The molecule has 0 bridgehead atoms. The predicted molar refractivity (Wildman–Crippen MR) is 55.4 cm³/mol. The van der Waals surface area contributed by atoms with Gasteiger partial charge in [0.25, 0.3) is 0 Å². The van der Waals surface area contributed by atoms with Crippen LogP contribution in [0.1, 0.15) is 0 Å². The Balaban J connectivity index is 2.71. The molecule has 2 rings (SSSR count).